The van der Waals surface area contributed by atoms with Gasteiger partial charge in [0.05, 0.1) is 4.90 Å². The number of nitrogens with zero attached hydrogens (tertiary/aromatic N) is 2. The lowest BCUT2D eigenvalue weighted by atomic mass is 10.3. The summed E-state index contributed by atoms with van der Waals surface area (Å²) in [5, 5.41) is 8.95. The van der Waals surface area contributed by atoms with Crippen molar-refractivity contribution in [2.24, 2.45) is 0 Å². The van der Waals surface area contributed by atoms with Gasteiger partial charge in [-0.25, -0.2) is 13.2 Å². The van der Waals surface area contributed by atoms with Gasteiger partial charge in [0, 0.05) is 25.3 Å². The molecule has 98 valence electrons. The lowest BCUT2D eigenvalue weighted by Gasteiger charge is -2.17. The third-order valence-corrected chi connectivity index (χ3v) is 4.65. The third-order valence-electron chi connectivity index (χ3n) is 2.74. The molecule has 0 aromatic heterocycles. The minimum atomic E-state index is -3.37. The predicted molar refractivity (Wildman–Crippen MR) is 66.2 cm³/mol. The summed E-state index contributed by atoms with van der Waals surface area (Å²) in [6.07, 6.45) is -1.06. The number of anilines is 1. The number of carboxylic acid groups (broad SMARTS) is 1. The number of sulfonamides is 1. The van der Waals surface area contributed by atoms with Crippen molar-refractivity contribution in [3.05, 3.63) is 24.3 Å². The van der Waals surface area contributed by atoms with E-state index in [2.05, 4.69) is 0 Å². The molecular formula is C11H14N2O4S. The van der Waals surface area contributed by atoms with Crippen LogP contribution in [-0.2, 0) is 10.0 Å². The Kier molecular flexibility index (Phi) is 3.27. The van der Waals surface area contributed by atoms with Crippen LogP contribution in [0.1, 0.15) is 6.92 Å². The van der Waals surface area contributed by atoms with Crippen molar-refractivity contribution in [2.45, 2.75) is 11.8 Å². The molecule has 1 aromatic rings. The van der Waals surface area contributed by atoms with Gasteiger partial charge in [0.2, 0.25) is 10.0 Å². The molecular weight excluding hydrogens is 256 g/mol. The number of hydrogen-bond donors (Lipinski definition) is 1. The van der Waals surface area contributed by atoms with Crippen molar-refractivity contribution in [1.82, 2.24) is 4.31 Å². The molecule has 1 amide bonds. The number of benzene rings is 1. The van der Waals surface area contributed by atoms with Crippen molar-refractivity contribution >= 4 is 21.8 Å². The van der Waals surface area contributed by atoms with E-state index in [-0.39, 0.29) is 4.90 Å². The van der Waals surface area contributed by atoms with Crippen LogP contribution in [0.4, 0.5) is 10.5 Å². The van der Waals surface area contributed by atoms with E-state index >= 15 is 0 Å². The Bertz CT molecular complexity index is 549. The smallest absolute Gasteiger partial charge is 0.411 e. The number of hydrogen-bond acceptors (Lipinski definition) is 3. The molecule has 6 nitrogen and oxygen atoms in total. The van der Waals surface area contributed by atoms with Gasteiger partial charge in [-0.2, -0.15) is 4.31 Å². The molecule has 1 aliphatic heterocycles. The molecule has 2 rings (SSSR count). The quantitative estimate of drug-likeness (QED) is 0.834. The van der Waals surface area contributed by atoms with Gasteiger partial charge in [-0.1, -0.05) is 0 Å². The van der Waals surface area contributed by atoms with Gasteiger partial charge in [0.15, 0.2) is 0 Å². The molecule has 1 aromatic carbocycles. The van der Waals surface area contributed by atoms with E-state index in [1.54, 1.807) is 6.92 Å². The van der Waals surface area contributed by atoms with Crippen LogP contribution in [0.15, 0.2) is 29.2 Å². The first-order chi connectivity index (χ1) is 8.46. The normalized spacial score (nSPS) is 15.4. The minimum Gasteiger partial charge on any atom is -0.465 e. The average Bonchev–Trinajstić information content (AvgIpc) is 3.14. The molecule has 0 spiro atoms. The minimum absolute atomic E-state index is 0.199. The van der Waals surface area contributed by atoms with Crippen molar-refractivity contribution in [3.63, 3.8) is 0 Å². The van der Waals surface area contributed by atoms with Gasteiger partial charge in [-0.15, -0.1) is 0 Å². The first-order valence-corrected chi connectivity index (χ1v) is 7.01. The number of rotatable bonds is 4. The van der Waals surface area contributed by atoms with Gasteiger partial charge in [0.1, 0.15) is 0 Å². The molecule has 0 bridgehead atoms. The van der Waals surface area contributed by atoms with Crippen LogP contribution in [-0.4, -0.2) is 43.6 Å². The average molecular weight is 270 g/mol. The summed E-state index contributed by atoms with van der Waals surface area (Å²) in [4.78, 5) is 12.3. The first-order valence-electron chi connectivity index (χ1n) is 5.57. The standard InChI is InChI=1S/C11H14N2O4S/c1-2-13(11(14)15)9-3-5-10(6-4-9)18(16,17)12-7-8-12/h3-6H,2,7-8H2,1H3,(H,14,15). The predicted octanol–water partition coefficient (Wildman–Crippen LogP) is 1.20. The summed E-state index contributed by atoms with van der Waals surface area (Å²) in [5.74, 6) is 0. The highest BCUT2D eigenvalue weighted by Crippen LogP contribution is 2.24. The Labute approximate surface area is 105 Å². The van der Waals surface area contributed by atoms with Crippen molar-refractivity contribution in [2.75, 3.05) is 24.5 Å². The van der Waals surface area contributed by atoms with Crippen molar-refractivity contribution in [1.29, 1.82) is 0 Å². The largest absolute Gasteiger partial charge is 0.465 e. The van der Waals surface area contributed by atoms with Crippen molar-refractivity contribution < 1.29 is 18.3 Å². The Hall–Kier alpha value is -1.60. The van der Waals surface area contributed by atoms with E-state index < -0.39 is 16.1 Å². The summed E-state index contributed by atoms with van der Waals surface area (Å²) < 4.78 is 25.1. The molecule has 1 aliphatic rings. The zero-order valence-electron chi connectivity index (χ0n) is 9.91. The maximum Gasteiger partial charge on any atom is 0.411 e. The van der Waals surface area contributed by atoms with E-state index in [1.165, 1.54) is 28.6 Å². The summed E-state index contributed by atoms with van der Waals surface area (Å²) in [6.45, 7) is 3.14. The second kappa shape index (κ2) is 4.58. The second-order valence-corrected chi connectivity index (χ2v) is 5.86. The maximum atomic E-state index is 11.9. The zero-order valence-corrected chi connectivity index (χ0v) is 10.7. The fraction of sp³-hybridized carbons (Fsp3) is 0.364. The third kappa shape index (κ3) is 2.32. The van der Waals surface area contributed by atoms with Crippen LogP contribution in [0.25, 0.3) is 0 Å². The second-order valence-electron chi connectivity index (χ2n) is 3.92. The van der Waals surface area contributed by atoms with E-state index in [4.69, 9.17) is 5.11 Å². The topological polar surface area (TPSA) is 77.7 Å². The molecule has 1 fully saturated rings. The first kappa shape index (κ1) is 12.8. The van der Waals surface area contributed by atoms with E-state index in [1.807, 2.05) is 0 Å². The molecule has 0 unspecified atom stereocenters. The lowest BCUT2D eigenvalue weighted by Crippen LogP contribution is -2.28. The molecule has 1 N–H and O–H groups in total. The summed E-state index contributed by atoms with van der Waals surface area (Å²) in [6, 6.07) is 5.89. The molecule has 0 saturated carbocycles. The maximum absolute atomic E-state index is 11.9. The number of carbonyl (C=O) groups is 1. The highest BCUT2D eigenvalue weighted by Gasteiger charge is 2.33. The Morgan fingerprint density at radius 2 is 1.89 bits per heavy atom. The highest BCUT2D eigenvalue weighted by atomic mass is 32.2. The highest BCUT2D eigenvalue weighted by molar-refractivity contribution is 7.89. The van der Waals surface area contributed by atoms with Gasteiger partial charge in [-0.3, -0.25) is 4.90 Å². The van der Waals surface area contributed by atoms with Crippen molar-refractivity contribution in [3.8, 4) is 0 Å². The Morgan fingerprint density at radius 3 is 2.28 bits per heavy atom. The molecule has 1 heterocycles. The monoisotopic (exact) mass is 270 g/mol. The molecule has 18 heavy (non-hydrogen) atoms. The summed E-state index contributed by atoms with van der Waals surface area (Å²) in [5.41, 5.74) is 0.467. The number of amides is 1. The molecule has 1 saturated heterocycles. The van der Waals surface area contributed by atoms with Crippen LogP contribution in [0.2, 0.25) is 0 Å². The molecule has 0 radical (unpaired) electrons. The van der Waals surface area contributed by atoms with E-state index in [0.29, 0.717) is 25.3 Å². The molecule has 0 aliphatic carbocycles. The van der Waals surface area contributed by atoms with Crippen LogP contribution < -0.4 is 4.90 Å². The van der Waals surface area contributed by atoms with Crippen LogP contribution >= 0.6 is 0 Å². The zero-order chi connectivity index (χ0) is 13.3. The van der Waals surface area contributed by atoms with E-state index in [0.717, 1.165) is 4.90 Å². The summed E-state index contributed by atoms with van der Waals surface area (Å²) >= 11 is 0. The van der Waals surface area contributed by atoms with Crippen LogP contribution in [0, 0.1) is 0 Å². The fourth-order valence-electron chi connectivity index (χ4n) is 1.66. The van der Waals surface area contributed by atoms with Gasteiger partial charge in [-0.05, 0) is 31.2 Å². The molecule has 0 atom stereocenters. The van der Waals surface area contributed by atoms with E-state index in [9.17, 15) is 13.2 Å². The summed E-state index contributed by atoms with van der Waals surface area (Å²) in [7, 11) is -3.37. The van der Waals surface area contributed by atoms with Crippen LogP contribution in [0.5, 0.6) is 0 Å². The molecule has 7 heteroatoms. The van der Waals surface area contributed by atoms with Gasteiger partial charge >= 0.3 is 6.09 Å². The lowest BCUT2D eigenvalue weighted by molar-refractivity contribution is 0.202. The Balaban J connectivity index is 2.27. The Morgan fingerprint density at radius 1 is 1.33 bits per heavy atom. The van der Waals surface area contributed by atoms with Gasteiger partial charge < -0.3 is 5.11 Å². The SMILES string of the molecule is CCN(C(=O)O)c1ccc(S(=O)(=O)N2CC2)cc1. The van der Waals surface area contributed by atoms with Gasteiger partial charge in [0.25, 0.3) is 0 Å². The van der Waals surface area contributed by atoms with Crippen LogP contribution in [0.3, 0.4) is 0 Å². The fourth-order valence-corrected chi connectivity index (χ4v) is 3.00.